The fourth-order valence-electron chi connectivity index (χ4n) is 2.60. The molecule has 1 aromatic heterocycles. The number of amides is 1. The van der Waals surface area contributed by atoms with Crippen LogP contribution in [-0.2, 0) is 10.3 Å². The third kappa shape index (κ3) is 3.43. The molecule has 0 aliphatic heterocycles. The largest absolute Gasteiger partial charge is 0.444 e. The molecular weight excluding hydrogens is 258 g/mol. The average molecular weight is 281 g/mol. The van der Waals surface area contributed by atoms with Crippen molar-refractivity contribution in [2.75, 3.05) is 5.73 Å². The number of nitrogens with zero attached hydrogens (tertiary/aromatic N) is 1. The molecule has 0 aromatic carbocycles. The molecule has 2 rings (SSSR count). The van der Waals surface area contributed by atoms with Crippen LogP contribution in [0.2, 0.25) is 0 Å². The van der Waals surface area contributed by atoms with E-state index in [2.05, 4.69) is 10.5 Å². The van der Waals surface area contributed by atoms with Crippen molar-refractivity contribution in [3.05, 3.63) is 11.8 Å². The average Bonchev–Trinajstić information content (AvgIpc) is 2.75. The molecule has 1 fully saturated rings. The lowest BCUT2D eigenvalue weighted by molar-refractivity contribution is 0.0391. The smallest absolute Gasteiger partial charge is 0.408 e. The maximum absolute atomic E-state index is 12.1. The molecule has 0 atom stereocenters. The van der Waals surface area contributed by atoms with Gasteiger partial charge < -0.3 is 20.3 Å². The molecule has 6 heteroatoms. The predicted molar refractivity (Wildman–Crippen MR) is 75.0 cm³/mol. The standard InChI is InChI=1S/C14H23N3O3/c1-13(2,3)19-12(18)16-14(7-5-4-6-8-14)10-9-11(15)17-20-10/h9H,4-8H2,1-3H3,(H2,15,17)(H,16,18). The Morgan fingerprint density at radius 3 is 2.55 bits per heavy atom. The summed E-state index contributed by atoms with van der Waals surface area (Å²) in [4.78, 5) is 12.1. The lowest BCUT2D eigenvalue weighted by Crippen LogP contribution is -2.48. The van der Waals surface area contributed by atoms with Crippen molar-refractivity contribution in [1.29, 1.82) is 0 Å². The Kier molecular flexibility index (Phi) is 3.92. The predicted octanol–water partition coefficient (Wildman–Crippen LogP) is 2.94. The van der Waals surface area contributed by atoms with Crippen molar-refractivity contribution in [1.82, 2.24) is 10.5 Å². The number of hydrogen-bond donors (Lipinski definition) is 2. The molecule has 6 nitrogen and oxygen atoms in total. The van der Waals surface area contributed by atoms with Gasteiger partial charge in [0.2, 0.25) is 0 Å². The van der Waals surface area contributed by atoms with Crippen molar-refractivity contribution in [3.8, 4) is 0 Å². The number of anilines is 1. The van der Waals surface area contributed by atoms with E-state index < -0.39 is 17.2 Å². The molecule has 112 valence electrons. The number of hydrogen-bond acceptors (Lipinski definition) is 5. The van der Waals surface area contributed by atoms with Crippen LogP contribution in [0.5, 0.6) is 0 Å². The van der Waals surface area contributed by atoms with Crippen LogP contribution >= 0.6 is 0 Å². The number of nitrogens with one attached hydrogen (secondary N) is 1. The zero-order valence-corrected chi connectivity index (χ0v) is 12.4. The summed E-state index contributed by atoms with van der Waals surface area (Å²) in [5, 5.41) is 6.70. The second-order valence-corrected chi connectivity index (χ2v) is 6.39. The maximum Gasteiger partial charge on any atom is 0.408 e. The molecule has 0 bridgehead atoms. The Morgan fingerprint density at radius 1 is 1.40 bits per heavy atom. The fraction of sp³-hybridized carbons (Fsp3) is 0.714. The molecule has 1 heterocycles. The van der Waals surface area contributed by atoms with Crippen molar-refractivity contribution in [2.45, 2.75) is 64.0 Å². The number of rotatable bonds is 2. The van der Waals surface area contributed by atoms with Crippen molar-refractivity contribution < 1.29 is 14.1 Å². The van der Waals surface area contributed by atoms with E-state index in [0.717, 1.165) is 32.1 Å². The number of alkyl carbamates (subject to hydrolysis) is 1. The monoisotopic (exact) mass is 281 g/mol. The van der Waals surface area contributed by atoms with E-state index in [0.29, 0.717) is 11.6 Å². The van der Waals surface area contributed by atoms with Crippen molar-refractivity contribution >= 4 is 11.9 Å². The van der Waals surface area contributed by atoms with Gasteiger partial charge in [-0.1, -0.05) is 24.4 Å². The first-order valence-corrected chi connectivity index (χ1v) is 7.05. The number of nitrogens with two attached hydrogens (primary N) is 1. The summed E-state index contributed by atoms with van der Waals surface area (Å²) >= 11 is 0. The molecule has 0 radical (unpaired) electrons. The van der Waals surface area contributed by atoms with Crippen molar-refractivity contribution in [2.24, 2.45) is 0 Å². The Morgan fingerprint density at radius 2 is 2.05 bits per heavy atom. The zero-order chi connectivity index (χ0) is 14.8. The Balaban J connectivity index is 2.18. The van der Waals surface area contributed by atoms with Gasteiger partial charge in [-0.15, -0.1) is 0 Å². The Bertz CT molecular complexity index is 470. The van der Waals surface area contributed by atoms with Gasteiger partial charge in [0.05, 0.1) is 0 Å². The third-order valence-electron chi connectivity index (χ3n) is 3.45. The van der Waals surface area contributed by atoms with E-state index in [1.807, 2.05) is 20.8 Å². The second-order valence-electron chi connectivity index (χ2n) is 6.39. The van der Waals surface area contributed by atoms with Crippen LogP contribution in [0.25, 0.3) is 0 Å². The van der Waals surface area contributed by atoms with Crippen LogP contribution < -0.4 is 11.1 Å². The van der Waals surface area contributed by atoms with Crippen LogP contribution in [0.15, 0.2) is 10.6 Å². The van der Waals surface area contributed by atoms with Crippen molar-refractivity contribution in [3.63, 3.8) is 0 Å². The lowest BCUT2D eigenvalue weighted by Gasteiger charge is -2.36. The SMILES string of the molecule is CC(C)(C)OC(=O)NC1(c2cc(N)no2)CCCCC1. The molecule has 0 saturated heterocycles. The van der Waals surface area contributed by atoms with Crippen LogP contribution in [0.1, 0.15) is 58.6 Å². The first kappa shape index (κ1) is 14.7. The van der Waals surface area contributed by atoms with E-state index in [1.54, 1.807) is 6.07 Å². The van der Waals surface area contributed by atoms with E-state index in [-0.39, 0.29) is 0 Å². The summed E-state index contributed by atoms with van der Waals surface area (Å²) in [5.74, 6) is 0.941. The molecule has 1 saturated carbocycles. The normalized spacial score (nSPS) is 18.6. The van der Waals surface area contributed by atoms with Gasteiger partial charge in [0, 0.05) is 6.07 Å². The van der Waals surface area contributed by atoms with Crippen LogP contribution in [0.3, 0.4) is 0 Å². The Hall–Kier alpha value is -1.72. The highest BCUT2D eigenvalue weighted by atomic mass is 16.6. The van der Waals surface area contributed by atoms with E-state index in [4.69, 9.17) is 15.0 Å². The minimum atomic E-state index is -0.550. The minimum Gasteiger partial charge on any atom is -0.444 e. The van der Waals surface area contributed by atoms with Gasteiger partial charge in [0.15, 0.2) is 11.6 Å². The van der Waals surface area contributed by atoms with Gasteiger partial charge in [0.25, 0.3) is 0 Å². The highest BCUT2D eigenvalue weighted by Gasteiger charge is 2.40. The van der Waals surface area contributed by atoms with E-state index in [9.17, 15) is 4.79 Å². The molecule has 1 aliphatic rings. The summed E-state index contributed by atoms with van der Waals surface area (Å²) in [7, 11) is 0. The molecular formula is C14H23N3O3. The van der Waals surface area contributed by atoms with E-state index in [1.165, 1.54) is 0 Å². The maximum atomic E-state index is 12.1. The highest BCUT2D eigenvalue weighted by molar-refractivity contribution is 5.69. The number of nitrogen functional groups attached to an aromatic ring is 1. The first-order valence-electron chi connectivity index (χ1n) is 7.05. The minimum absolute atomic E-state index is 0.330. The zero-order valence-electron chi connectivity index (χ0n) is 12.4. The van der Waals surface area contributed by atoms with Gasteiger partial charge in [-0.05, 0) is 33.6 Å². The molecule has 0 spiro atoms. The van der Waals surface area contributed by atoms with Gasteiger partial charge in [-0.3, -0.25) is 0 Å². The highest BCUT2D eigenvalue weighted by Crippen LogP contribution is 2.38. The summed E-state index contributed by atoms with van der Waals surface area (Å²) in [5.41, 5.74) is 4.55. The van der Waals surface area contributed by atoms with Gasteiger partial charge in [0.1, 0.15) is 11.1 Å². The number of carbonyl (C=O) groups is 1. The van der Waals surface area contributed by atoms with E-state index >= 15 is 0 Å². The fourth-order valence-corrected chi connectivity index (χ4v) is 2.60. The number of aromatic nitrogens is 1. The lowest BCUT2D eigenvalue weighted by atomic mass is 9.80. The van der Waals surface area contributed by atoms with Gasteiger partial charge >= 0.3 is 6.09 Å². The molecule has 1 amide bonds. The topological polar surface area (TPSA) is 90.4 Å². The molecule has 1 aliphatic carbocycles. The Labute approximate surface area is 119 Å². The summed E-state index contributed by atoms with van der Waals surface area (Å²) in [6, 6.07) is 1.68. The molecule has 20 heavy (non-hydrogen) atoms. The number of ether oxygens (including phenoxy) is 1. The van der Waals surface area contributed by atoms with Gasteiger partial charge in [-0.2, -0.15) is 0 Å². The van der Waals surface area contributed by atoms with Crippen LogP contribution in [0.4, 0.5) is 10.6 Å². The summed E-state index contributed by atoms with van der Waals surface area (Å²) in [6.45, 7) is 5.52. The summed E-state index contributed by atoms with van der Waals surface area (Å²) in [6.07, 6.45) is 4.38. The summed E-state index contributed by atoms with van der Waals surface area (Å²) < 4.78 is 10.6. The molecule has 0 unspecified atom stereocenters. The third-order valence-corrected chi connectivity index (χ3v) is 3.45. The van der Waals surface area contributed by atoms with Crippen LogP contribution in [-0.4, -0.2) is 16.9 Å². The molecule has 3 N–H and O–H groups in total. The molecule has 1 aromatic rings. The number of carbonyl (C=O) groups excluding carboxylic acids is 1. The van der Waals surface area contributed by atoms with Gasteiger partial charge in [-0.25, -0.2) is 4.79 Å². The first-order chi connectivity index (χ1) is 9.31. The quantitative estimate of drug-likeness (QED) is 0.869. The van der Waals surface area contributed by atoms with Crippen LogP contribution in [0, 0.1) is 0 Å². The second kappa shape index (κ2) is 5.34.